The Kier molecular flexibility index (Phi) is 6.19. The van der Waals surface area contributed by atoms with Gasteiger partial charge in [0.2, 0.25) is 5.52 Å². The molecule has 1 saturated carbocycles. The first kappa shape index (κ1) is 23.0. The van der Waals surface area contributed by atoms with E-state index in [1.54, 1.807) is 5.57 Å². The van der Waals surface area contributed by atoms with Crippen LogP contribution in [-0.2, 0) is 13.6 Å². The van der Waals surface area contributed by atoms with Gasteiger partial charge in [-0.25, -0.2) is 10.0 Å². The molecule has 6 heteroatoms. The highest BCUT2D eigenvalue weighted by molar-refractivity contribution is 5.80. The van der Waals surface area contributed by atoms with Crippen molar-refractivity contribution in [1.82, 2.24) is 14.5 Å². The van der Waals surface area contributed by atoms with E-state index in [9.17, 15) is 5.21 Å². The number of imidazole rings is 1. The van der Waals surface area contributed by atoms with Crippen LogP contribution in [0.1, 0.15) is 73.1 Å². The number of hydrogen-bond donors (Lipinski definition) is 2. The smallest absolute Gasteiger partial charge is 0.290 e. The Morgan fingerprint density at radius 1 is 1.34 bits per heavy atom. The molecule has 2 N–H and O–H groups in total. The maximum atomic E-state index is 9.48. The zero-order valence-electron chi connectivity index (χ0n) is 20.6. The molecule has 4 rings (SSSR count). The molecule has 0 radical (unpaired) electrons. The van der Waals surface area contributed by atoms with Gasteiger partial charge in [0, 0.05) is 0 Å². The molecule has 0 bridgehead atoms. The van der Waals surface area contributed by atoms with Crippen LogP contribution in [0.5, 0.6) is 0 Å². The second-order valence-electron chi connectivity index (χ2n) is 10.8. The van der Waals surface area contributed by atoms with Crippen molar-refractivity contribution >= 4 is 17.0 Å². The van der Waals surface area contributed by atoms with Gasteiger partial charge in [0.25, 0.3) is 0 Å². The van der Waals surface area contributed by atoms with E-state index in [4.69, 9.17) is 0 Å². The Balaban J connectivity index is 1.51. The van der Waals surface area contributed by atoms with Crippen LogP contribution in [0.2, 0.25) is 0 Å². The summed E-state index contributed by atoms with van der Waals surface area (Å²) in [5, 5.41) is 9.48. The number of anilines is 1. The molecule has 174 valence electrons. The van der Waals surface area contributed by atoms with Gasteiger partial charge in [0.15, 0.2) is 18.5 Å². The lowest BCUT2D eigenvalue weighted by Gasteiger charge is -2.58. The first-order valence-electron chi connectivity index (χ1n) is 12.1. The molecule has 2 heterocycles. The second-order valence-corrected chi connectivity index (χ2v) is 10.8. The maximum absolute atomic E-state index is 9.48. The van der Waals surface area contributed by atoms with Crippen LogP contribution in [0.3, 0.4) is 0 Å². The fraction of sp³-hybridized carbons (Fsp3) is 0.654. The number of hydrogen-bond acceptors (Lipinski definition) is 4. The lowest BCUT2D eigenvalue weighted by Crippen LogP contribution is -2.49. The van der Waals surface area contributed by atoms with Crippen LogP contribution >= 0.6 is 0 Å². The summed E-state index contributed by atoms with van der Waals surface area (Å²) in [4.78, 5) is 8.52. The number of rotatable bonds is 6. The normalized spacial score (nSPS) is 30.8. The summed E-state index contributed by atoms with van der Waals surface area (Å²) in [6.07, 6.45) is 15.9. The Morgan fingerprint density at radius 2 is 2.12 bits per heavy atom. The average molecular weight is 439 g/mol. The largest absolute Gasteiger partial charge is 0.307 e. The quantitative estimate of drug-likeness (QED) is 0.351. The predicted molar refractivity (Wildman–Crippen MR) is 128 cm³/mol. The predicted octanol–water partition coefficient (Wildman–Crippen LogP) is 5.58. The van der Waals surface area contributed by atoms with Crippen molar-refractivity contribution in [2.45, 2.75) is 79.7 Å². The summed E-state index contributed by atoms with van der Waals surface area (Å²) in [6.45, 7) is 13.0. The third-order valence-electron chi connectivity index (χ3n) is 9.13. The van der Waals surface area contributed by atoms with Gasteiger partial charge in [-0.1, -0.05) is 49.1 Å². The van der Waals surface area contributed by atoms with Gasteiger partial charge in [0.1, 0.15) is 0 Å². The van der Waals surface area contributed by atoms with E-state index >= 15 is 0 Å². The van der Waals surface area contributed by atoms with Crippen molar-refractivity contribution in [1.29, 1.82) is 0 Å². The van der Waals surface area contributed by atoms with Crippen LogP contribution in [0, 0.1) is 22.7 Å². The molecule has 0 aromatic carbocycles. The standard InChI is InChI=1S/C26H40N5O/c1-18(12-15-31-17-30(6)24-22(31)23(29-32)27-16-28-24)10-13-25(4)20(3)11-14-26(5)19(2)8-7-9-21(25)26/h8,12,16-17,20-21,32H,7,9-11,13-15H2,1-6H3,(H,27,28,29)/q+1/b18-12+/t20-,21-,25+,26+/m1/s1. The van der Waals surface area contributed by atoms with E-state index in [-0.39, 0.29) is 0 Å². The molecule has 0 aliphatic heterocycles. The lowest BCUT2D eigenvalue weighted by molar-refractivity contribution is -0.647. The second kappa shape index (κ2) is 8.62. The van der Waals surface area contributed by atoms with E-state index in [0.29, 0.717) is 16.6 Å². The molecule has 0 unspecified atom stereocenters. The van der Waals surface area contributed by atoms with E-state index in [1.165, 1.54) is 44.0 Å². The summed E-state index contributed by atoms with van der Waals surface area (Å²) in [5.41, 5.74) is 7.64. The molecule has 4 atom stereocenters. The van der Waals surface area contributed by atoms with Gasteiger partial charge in [-0.05, 0) is 75.0 Å². The summed E-state index contributed by atoms with van der Waals surface area (Å²) < 4.78 is 4.06. The van der Waals surface area contributed by atoms with Crippen LogP contribution < -0.4 is 10.0 Å². The third kappa shape index (κ3) is 3.76. The molecule has 6 nitrogen and oxygen atoms in total. The molecule has 2 aromatic rings. The van der Waals surface area contributed by atoms with Crippen LogP contribution in [0.4, 0.5) is 5.82 Å². The Morgan fingerprint density at radius 3 is 2.88 bits per heavy atom. The van der Waals surface area contributed by atoms with Crippen molar-refractivity contribution in [2.24, 2.45) is 29.7 Å². The van der Waals surface area contributed by atoms with Crippen LogP contribution in [-0.4, -0.2) is 19.7 Å². The highest BCUT2D eigenvalue weighted by atomic mass is 16.5. The summed E-state index contributed by atoms with van der Waals surface area (Å²) >= 11 is 0. The highest BCUT2D eigenvalue weighted by Crippen LogP contribution is 2.61. The minimum Gasteiger partial charge on any atom is -0.290 e. The summed E-state index contributed by atoms with van der Waals surface area (Å²) in [5.74, 6) is 1.98. The van der Waals surface area contributed by atoms with E-state index in [2.05, 4.69) is 66.8 Å². The minimum absolute atomic E-state index is 0.379. The van der Waals surface area contributed by atoms with Gasteiger partial charge in [0.05, 0.1) is 13.6 Å². The van der Waals surface area contributed by atoms with Crippen molar-refractivity contribution < 1.29 is 9.77 Å². The molecule has 0 saturated heterocycles. The zero-order valence-corrected chi connectivity index (χ0v) is 20.6. The topological polar surface area (TPSA) is 66.9 Å². The number of fused-ring (bicyclic) bond motifs is 2. The van der Waals surface area contributed by atoms with Gasteiger partial charge < -0.3 is 0 Å². The minimum atomic E-state index is 0.379. The van der Waals surface area contributed by atoms with Gasteiger partial charge in [-0.15, -0.1) is 0 Å². The third-order valence-corrected chi connectivity index (χ3v) is 9.13. The van der Waals surface area contributed by atoms with E-state index < -0.39 is 0 Å². The van der Waals surface area contributed by atoms with Crippen molar-refractivity contribution in [2.75, 3.05) is 5.48 Å². The van der Waals surface area contributed by atoms with Crippen molar-refractivity contribution in [3.8, 4) is 0 Å². The lowest BCUT2D eigenvalue weighted by atomic mass is 9.47. The summed E-state index contributed by atoms with van der Waals surface area (Å²) in [7, 11) is 1.96. The zero-order chi connectivity index (χ0) is 23.1. The van der Waals surface area contributed by atoms with Crippen molar-refractivity contribution in [3.63, 3.8) is 0 Å². The van der Waals surface area contributed by atoms with Crippen LogP contribution in [0.15, 0.2) is 36.0 Å². The number of aryl methyl sites for hydroxylation is 1. The molecule has 0 spiro atoms. The molecule has 2 aliphatic carbocycles. The molecular weight excluding hydrogens is 398 g/mol. The Bertz CT molecular complexity index is 1050. The average Bonchev–Trinajstić information content (AvgIpc) is 3.11. The monoisotopic (exact) mass is 438 g/mol. The fourth-order valence-corrected chi connectivity index (χ4v) is 6.59. The SMILES string of the molecule is CC1=CCC[C@@H]2[C@@](C)(CC/C(C)=C/Cn3c[n+](C)c4ncnc(NO)c43)[C@H](C)CC[C@@]12C. The summed E-state index contributed by atoms with van der Waals surface area (Å²) in [6, 6.07) is 0. The molecule has 1 fully saturated rings. The van der Waals surface area contributed by atoms with E-state index in [1.807, 2.05) is 17.9 Å². The number of allylic oxidation sites excluding steroid dienone is 4. The number of aromatic nitrogens is 4. The van der Waals surface area contributed by atoms with Crippen LogP contribution in [0.25, 0.3) is 11.2 Å². The maximum Gasteiger partial charge on any atom is 0.307 e. The first-order valence-corrected chi connectivity index (χ1v) is 12.1. The molecule has 2 aliphatic rings. The molecule has 2 aromatic heterocycles. The number of nitrogens with one attached hydrogen (secondary N) is 1. The van der Waals surface area contributed by atoms with Gasteiger partial charge in [-0.2, -0.15) is 4.98 Å². The molecule has 0 amide bonds. The Hall–Kier alpha value is -2.21. The molecular formula is C26H40N5O+. The van der Waals surface area contributed by atoms with Gasteiger partial charge in [-0.3, -0.25) is 9.77 Å². The Labute approximate surface area is 192 Å². The highest BCUT2D eigenvalue weighted by Gasteiger charge is 2.52. The van der Waals surface area contributed by atoms with Crippen molar-refractivity contribution in [3.05, 3.63) is 36.0 Å². The van der Waals surface area contributed by atoms with E-state index in [0.717, 1.165) is 36.0 Å². The number of nitrogens with zero attached hydrogens (tertiary/aromatic N) is 4. The van der Waals surface area contributed by atoms with Gasteiger partial charge >= 0.3 is 5.65 Å². The first-order chi connectivity index (χ1) is 15.2. The molecule has 32 heavy (non-hydrogen) atoms. The fourth-order valence-electron chi connectivity index (χ4n) is 6.59.